The second-order valence-corrected chi connectivity index (χ2v) is 6.40. The van der Waals surface area contributed by atoms with E-state index in [4.69, 9.17) is 9.84 Å². The topological polar surface area (TPSA) is 105 Å². The molecule has 7 nitrogen and oxygen atoms in total. The molecule has 1 atom stereocenters. The van der Waals surface area contributed by atoms with Gasteiger partial charge in [-0.05, 0) is 39.0 Å². The van der Waals surface area contributed by atoms with Crippen LogP contribution in [0.2, 0.25) is 0 Å². The van der Waals surface area contributed by atoms with E-state index in [1.165, 1.54) is 18.2 Å². The summed E-state index contributed by atoms with van der Waals surface area (Å²) in [6.07, 6.45) is 0.0934. The number of hydrogen-bond donors (Lipinski definition) is 3. The smallest absolute Gasteiger partial charge is 0.326 e. The van der Waals surface area contributed by atoms with Gasteiger partial charge in [-0.1, -0.05) is 6.07 Å². The van der Waals surface area contributed by atoms with Gasteiger partial charge in [0, 0.05) is 18.6 Å². The Morgan fingerprint density at radius 3 is 2.52 bits per heavy atom. The molecule has 1 aromatic carbocycles. The van der Waals surface area contributed by atoms with Gasteiger partial charge in [-0.3, -0.25) is 9.59 Å². The highest BCUT2D eigenvalue weighted by Gasteiger charge is 2.21. The molecule has 0 bridgehead atoms. The Hall–Kier alpha value is -2.48. The molecule has 138 valence electrons. The van der Waals surface area contributed by atoms with E-state index in [9.17, 15) is 18.8 Å². The number of amides is 2. The summed E-state index contributed by atoms with van der Waals surface area (Å²) in [6.45, 7) is 5.26. The Balaban J connectivity index is 2.46. The van der Waals surface area contributed by atoms with Gasteiger partial charge in [-0.15, -0.1) is 0 Å². The molecule has 0 aliphatic heterocycles. The van der Waals surface area contributed by atoms with Crippen LogP contribution in [0, 0.1) is 5.82 Å². The lowest BCUT2D eigenvalue weighted by molar-refractivity contribution is -0.142. The number of hydrogen-bond acceptors (Lipinski definition) is 4. The van der Waals surface area contributed by atoms with Gasteiger partial charge in [0.2, 0.25) is 5.91 Å². The fourth-order valence-corrected chi connectivity index (χ4v) is 1.88. The number of carboxylic acid groups (broad SMARTS) is 1. The predicted molar refractivity (Wildman–Crippen MR) is 88.6 cm³/mol. The molecule has 1 aromatic rings. The molecule has 3 N–H and O–H groups in total. The van der Waals surface area contributed by atoms with E-state index >= 15 is 0 Å². The van der Waals surface area contributed by atoms with Crippen molar-refractivity contribution >= 4 is 17.8 Å². The number of aliphatic carboxylic acids is 1. The number of carbonyl (C=O) groups is 3. The molecule has 0 saturated carbocycles. The summed E-state index contributed by atoms with van der Waals surface area (Å²) in [5, 5.41) is 13.8. The Labute approximate surface area is 145 Å². The Kier molecular flexibility index (Phi) is 7.50. The number of nitrogens with one attached hydrogen (secondary N) is 2. The zero-order valence-electron chi connectivity index (χ0n) is 14.5. The van der Waals surface area contributed by atoms with Gasteiger partial charge in [0.05, 0.1) is 12.1 Å². The van der Waals surface area contributed by atoms with E-state index in [2.05, 4.69) is 10.6 Å². The molecule has 0 saturated heterocycles. The van der Waals surface area contributed by atoms with Gasteiger partial charge in [0.25, 0.3) is 5.91 Å². The van der Waals surface area contributed by atoms with Crippen LogP contribution >= 0.6 is 0 Å². The van der Waals surface area contributed by atoms with Crippen LogP contribution in [0.25, 0.3) is 0 Å². The van der Waals surface area contributed by atoms with Crippen molar-refractivity contribution in [1.82, 2.24) is 10.6 Å². The highest BCUT2D eigenvalue weighted by Crippen LogP contribution is 2.08. The van der Waals surface area contributed by atoms with Crippen molar-refractivity contribution in [3.05, 3.63) is 35.6 Å². The maximum Gasteiger partial charge on any atom is 0.326 e. The first-order valence-electron chi connectivity index (χ1n) is 7.78. The van der Waals surface area contributed by atoms with E-state index in [0.717, 1.165) is 6.07 Å². The largest absolute Gasteiger partial charge is 0.480 e. The molecule has 0 aromatic heterocycles. The molecule has 2 amide bonds. The highest BCUT2D eigenvalue weighted by atomic mass is 19.1. The second-order valence-electron chi connectivity index (χ2n) is 6.40. The van der Waals surface area contributed by atoms with Crippen LogP contribution in [-0.2, 0) is 14.3 Å². The molecular formula is C17H23FN2O5. The summed E-state index contributed by atoms with van der Waals surface area (Å²) in [5.74, 6) is -3.05. The molecule has 25 heavy (non-hydrogen) atoms. The normalized spacial score (nSPS) is 12.3. The first-order valence-corrected chi connectivity index (χ1v) is 7.78. The summed E-state index contributed by atoms with van der Waals surface area (Å²) in [4.78, 5) is 34.8. The number of halogens is 1. The van der Waals surface area contributed by atoms with E-state index in [1.807, 2.05) is 20.8 Å². The Morgan fingerprint density at radius 2 is 1.96 bits per heavy atom. The minimum Gasteiger partial charge on any atom is -0.480 e. The van der Waals surface area contributed by atoms with Crippen LogP contribution in [0.15, 0.2) is 24.3 Å². The first-order chi connectivity index (χ1) is 11.6. The number of benzene rings is 1. The summed E-state index contributed by atoms with van der Waals surface area (Å²) in [6, 6.07) is 3.89. The zero-order valence-corrected chi connectivity index (χ0v) is 14.5. The minimum atomic E-state index is -1.19. The van der Waals surface area contributed by atoms with Crippen molar-refractivity contribution in [3.8, 4) is 0 Å². The molecule has 0 aliphatic rings. The molecule has 0 heterocycles. The third-order valence-electron chi connectivity index (χ3n) is 3.07. The van der Waals surface area contributed by atoms with Gasteiger partial charge in [-0.2, -0.15) is 0 Å². The van der Waals surface area contributed by atoms with Crippen LogP contribution in [0.4, 0.5) is 4.39 Å². The Bertz CT molecular complexity index is 628. The van der Waals surface area contributed by atoms with Crippen molar-refractivity contribution < 1.29 is 28.6 Å². The first kappa shape index (κ1) is 20.6. The lowest BCUT2D eigenvalue weighted by atomic mass is 10.1. The van der Waals surface area contributed by atoms with Gasteiger partial charge < -0.3 is 20.5 Å². The van der Waals surface area contributed by atoms with Crippen LogP contribution in [0.5, 0.6) is 0 Å². The number of carboxylic acids is 1. The van der Waals surface area contributed by atoms with Crippen molar-refractivity contribution in [3.63, 3.8) is 0 Å². The fraction of sp³-hybridized carbons (Fsp3) is 0.471. The molecule has 0 spiro atoms. The third kappa shape index (κ3) is 8.25. The molecule has 0 radical (unpaired) electrons. The quantitative estimate of drug-likeness (QED) is 0.653. The van der Waals surface area contributed by atoms with Crippen LogP contribution < -0.4 is 10.6 Å². The lowest BCUT2D eigenvalue weighted by Gasteiger charge is -2.21. The minimum absolute atomic E-state index is 0.0705. The monoisotopic (exact) mass is 354 g/mol. The van der Waals surface area contributed by atoms with E-state index in [1.54, 1.807) is 0 Å². The standard InChI is InChI=1S/C17H23FN2O5/c1-17(2,3)25-8-7-13(16(23)24)20-14(21)10-19-15(22)11-5-4-6-12(18)9-11/h4-6,9,13H,7-8,10H2,1-3H3,(H,19,22)(H,20,21)(H,23,24). The van der Waals surface area contributed by atoms with Crippen LogP contribution in [-0.4, -0.2) is 47.7 Å². The summed E-state index contributed by atoms with van der Waals surface area (Å²) in [7, 11) is 0. The molecule has 1 unspecified atom stereocenters. The second kappa shape index (κ2) is 9.12. The van der Waals surface area contributed by atoms with Gasteiger partial charge >= 0.3 is 5.97 Å². The van der Waals surface area contributed by atoms with Crippen molar-refractivity contribution in [2.24, 2.45) is 0 Å². The zero-order chi connectivity index (χ0) is 19.0. The number of ether oxygens (including phenoxy) is 1. The van der Waals surface area contributed by atoms with E-state index in [0.29, 0.717) is 0 Å². The average Bonchev–Trinajstić information content (AvgIpc) is 2.50. The summed E-state index contributed by atoms with van der Waals surface area (Å²) < 4.78 is 18.5. The van der Waals surface area contributed by atoms with Gasteiger partial charge in [0.1, 0.15) is 11.9 Å². The molecule has 8 heteroatoms. The number of rotatable bonds is 8. The third-order valence-corrected chi connectivity index (χ3v) is 3.07. The highest BCUT2D eigenvalue weighted by molar-refractivity contribution is 5.96. The van der Waals surface area contributed by atoms with Crippen LogP contribution in [0.1, 0.15) is 37.6 Å². The SMILES string of the molecule is CC(C)(C)OCCC(NC(=O)CNC(=O)c1cccc(F)c1)C(=O)O. The summed E-state index contributed by atoms with van der Waals surface area (Å²) in [5.41, 5.74) is -0.340. The van der Waals surface area contributed by atoms with Gasteiger partial charge in [-0.25, -0.2) is 9.18 Å². The predicted octanol–water partition coefficient (Wildman–Crippen LogP) is 1.33. The average molecular weight is 354 g/mol. The van der Waals surface area contributed by atoms with Crippen molar-refractivity contribution in [2.45, 2.75) is 38.8 Å². The lowest BCUT2D eigenvalue weighted by Crippen LogP contribution is -2.46. The van der Waals surface area contributed by atoms with Crippen molar-refractivity contribution in [1.29, 1.82) is 0 Å². The maximum absolute atomic E-state index is 13.1. The number of carbonyl (C=O) groups excluding carboxylic acids is 2. The molecule has 0 fully saturated rings. The van der Waals surface area contributed by atoms with E-state index < -0.39 is 41.8 Å². The Morgan fingerprint density at radius 1 is 1.28 bits per heavy atom. The van der Waals surface area contributed by atoms with Gasteiger partial charge in [0.15, 0.2) is 0 Å². The molecule has 0 aliphatic carbocycles. The van der Waals surface area contributed by atoms with E-state index in [-0.39, 0.29) is 18.6 Å². The van der Waals surface area contributed by atoms with Crippen molar-refractivity contribution in [2.75, 3.05) is 13.2 Å². The summed E-state index contributed by atoms with van der Waals surface area (Å²) >= 11 is 0. The molecular weight excluding hydrogens is 331 g/mol. The fourth-order valence-electron chi connectivity index (χ4n) is 1.88. The maximum atomic E-state index is 13.1. The molecule has 1 rings (SSSR count). The van der Waals surface area contributed by atoms with Crippen LogP contribution in [0.3, 0.4) is 0 Å².